The van der Waals surface area contributed by atoms with E-state index in [9.17, 15) is 18.0 Å². The first-order chi connectivity index (χ1) is 12.8. The first-order valence-electron chi connectivity index (χ1n) is 8.00. The van der Waals surface area contributed by atoms with Gasteiger partial charge in [-0.05, 0) is 13.0 Å². The lowest BCUT2D eigenvalue weighted by Crippen LogP contribution is -2.30. The van der Waals surface area contributed by atoms with Crippen LogP contribution in [0.1, 0.15) is 17.7 Å². The van der Waals surface area contributed by atoms with Gasteiger partial charge >= 0.3 is 0 Å². The van der Waals surface area contributed by atoms with Crippen LogP contribution in [0.5, 0.6) is 0 Å². The van der Waals surface area contributed by atoms with Crippen LogP contribution in [0.15, 0.2) is 30.6 Å². The zero-order chi connectivity index (χ0) is 19.7. The molecule has 6 nitrogen and oxygen atoms in total. The highest BCUT2D eigenvalue weighted by molar-refractivity contribution is 5.89. The van der Waals surface area contributed by atoms with Crippen molar-refractivity contribution in [1.29, 1.82) is 0 Å². The van der Waals surface area contributed by atoms with Crippen LogP contribution in [-0.2, 0) is 4.79 Å². The Hall–Kier alpha value is -3.36. The fourth-order valence-corrected chi connectivity index (χ4v) is 2.60. The molecule has 0 bridgehead atoms. The van der Waals surface area contributed by atoms with Crippen molar-refractivity contribution in [2.24, 2.45) is 0 Å². The van der Waals surface area contributed by atoms with Crippen LogP contribution in [0.4, 0.5) is 18.9 Å². The second-order valence-electron chi connectivity index (χ2n) is 5.94. The summed E-state index contributed by atoms with van der Waals surface area (Å²) < 4.78 is 42.7. The minimum atomic E-state index is -1.46. The summed E-state index contributed by atoms with van der Waals surface area (Å²) in [5.74, 6) is -4.43. The molecule has 1 aromatic carbocycles. The van der Waals surface area contributed by atoms with Gasteiger partial charge in [-0.25, -0.2) is 23.1 Å². The van der Waals surface area contributed by atoms with Crippen molar-refractivity contribution in [2.75, 3.05) is 12.3 Å². The molecule has 9 heteroatoms. The molecule has 1 aromatic heterocycles. The van der Waals surface area contributed by atoms with Gasteiger partial charge in [0.15, 0.2) is 17.5 Å². The third-order valence-corrected chi connectivity index (χ3v) is 4.10. The molecule has 0 radical (unpaired) electrons. The predicted molar refractivity (Wildman–Crippen MR) is 94.4 cm³/mol. The molecule has 0 spiro atoms. The van der Waals surface area contributed by atoms with Gasteiger partial charge in [-0.3, -0.25) is 4.79 Å². The zero-order valence-electron chi connectivity index (χ0n) is 14.4. The molecule has 1 aliphatic rings. The van der Waals surface area contributed by atoms with E-state index in [1.165, 1.54) is 25.3 Å². The highest BCUT2D eigenvalue weighted by atomic mass is 19.2. The van der Waals surface area contributed by atoms with E-state index in [2.05, 4.69) is 27.2 Å². The van der Waals surface area contributed by atoms with Crippen LogP contribution in [0.25, 0.3) is 17.1 Å². The smallest absolute Gasteiger partial charge is 0.245 e. The normalized spacial score (nSPS) is 13.8. The molecular weight excluding hydrogens is 359 g/mol. The van der Waals surface area contributed by atoms with Gasteiger partial charge in [0.05, 0.1) is 22.6 Å². The maximum atomic E-state index is 14.5. The van der Waals surface area contributed by atoms with Crippen molar-refractivity contribution < 1.29 is 18.0 Å². The van der Waals surface area contributed by atoms with Gasteiger partial charge in [-0.2, -0.15) is 0 Å². The van der Waals surface area contributed by atoms with Crippen molar-refractivity contribution in [1.82, 2.24) is 20.6 Å². The molecule has 3 rings (SSSR count). The maximum Gasteiger partial charge on any atom is 0.245 e. The van der Waals surface area contributed by atoms with E-state index in [4.69, 9.17) is 5.73 Å². The summed E-state index contributed by atoms with van der Waals surface area (Å²) in [7, 11) is 0. The number of halogens is 3. The largest absolute Gasteiger partial charge is 0.396 e. The molecule has 0 saturated carbocycles. The van der Waals surface area contributed by atoms with Gasteiger partial charge in [0.25, 0.3) is 0 Å². The van der Waals surface area contributed by atoms with Gasteiger partial charge in [0.1, 0.15) is 5.82 Å². The molecule has 0 saturated heterocycles. The van der Waals surface area contributed by atoms with Crippen LogP contribution < -0.4 is 16.4 Å². The summed E-state index contributed by atoms with van der Waals surface area (Å²) in [6, 6.07) is 1.47. The number of benzene rings is 1. The summed E-state index contributed by atoms with van der Waals surface area (Å²) in [5, 5.41) is 5.58. The first kappa shape index (κ1) is 18.4. The van der Waals surface area contributed by atoms with Crippen LogP contribution in [0.3, 0.4) is 0 Å². The van der Waals surface area contributed by atoms with Crippen LogP contribution in [0, 0.1) is 24.4 Å². The number of hydrogen-bond acceptors (Lipinski definition) is 5. The number of aromatic nitrogens is 2. The molecule has 0 atom stereocenters. The Kier molecular flexibility index (Phi) is 4.85. The predicted octanol–water partition coefficient (Wildman–Crippen LogP) is 2.42. The quantitative estimate of drug-likeness (QED) is 0.564. The summed E-state index contributed by atoms with van der Waals surface area (Å²) in [6.07, 6.45) is 3.22. The monoisotopic (exact) mass is 375 g/mol. The lowest BCUT2D eigenvalue weighted by molar-refractivity contribution is -0.116. The Labute approximate surface area is 153 Å². The summed E-state index contributed by atoms with van der Waals surface area (Å²) >= 11 is 0. The number of nitrogens with two attached hydrogens (primary N) is 1. The van der Waals surface area contributed by atoms with Crippen molar-refractivity contribution in [3.8, 4) is 11.4 Å². The highest BCUT2D eigenvalue weighted by Gasteiger charge is 2.24. The van der Waals surface area contributed by atoms with Gasteiger partial charge in [0, 0.05) is 36.5 Å². The Morgan fingerprint density at radius 3 is 2.74 bits per heavy atom. The number of nitrogens with zero attached hydrogens (tertiary/aromatic N) is 2. The number of nitrogen functional groups attached to an aromatic ring is 1. The molecule has 1 aliphatic heterocycles. The van der Waals surface area contributed by atoms with E-state index < -0.39 is 28.7 Å². The second kappa shape index (κ2) is 7.10. The minimum Gasteiger partial charge on any atom is -0.396 e. The van der Waals surface area contributed by atoms with Crippen LogP contribution >= 0.6 is 0 Å². The molecule has 0 unspecified atom stereocenters. The number of carbonyl (C=O) groups excluding carboxylic acids is 1. The van der Waals surface area contributed by atoms with E-state index in [0.717, 1.165) is 0 Å². The number of carbonyl (C=O) groups is 1. The average molecular weight is 375 g/mol. The van der Waals surface area contributed by atoms with E-state index in [-0.39, 0.29) is 23.0 Å². The first-order valence-corrected chi connectivity index (χ1v) is 8.00. The summed E-state index contributed by atoms with van der Waals surface area (Å²) in [5.41, 5.74) is 4.99. The van der Waals surface area contributed by atoms with Gasteiger partial charge < -0.3 is 16.4 Å². The molecule has 140 valence electrons. The molecule has 2 aromatic rings. The summed E-state index contributed by atoms with van der Waals surface area (Å²) in [6.45, 7) is 5.53. The number of nitrogens with one attached hydrogen (secondary N) is 2. The fourth-order valence-electron chi connectivity index (χ4n) is 2.60. The SMILES string of the molecule is C=C(NC1=CC(=O)NCC1)c1ccnc(-c2c(F)c(C)c(N)c(F)c2F)n1. The maximum absolute atomic E-state index is 14.5. The molecule has 27 heavy (non-hydrogen) atoms. The topological polar surface area (TPSA) is 92.9 Å². The van der Waals surface area contributed by atoms with Crippen molar-refractivity contribution in [2.45, 2.75) is 13.3 Å². The lowest BCUT2D eigenvalue weighted by Gasteiger charge is -2.17. The second-order valence-corrected chi connectivity index (χ2v) is 5.94. The minimum absolute atomic E-state index is 0.228. The number of hydrogen-bond donors (Lipinski definition) is 3. The molecule has 0 fully saturated rings. The van der Waals surface area contributed by atoms with Crippen LogP contribution in [-0.4, -0.2) is 22.4 Å². The third kappa shape index (κ3) is 3.48. The van der Waals surface area contributed by atoms with E-state index in [1.54, 1.807) is 0 Å². The molecule has 4 N–H and O–H groups in total. The Morgan fingerprint density at radius 2 is 2.04 bits per heavy atom. The van der Waals surface area contributed by atoms with Crippen molar-refractivity contribution in [3.05, 3.63) is 59.3 Å². The number of anilines is 1. The average Bonchev–Trinajstić information content (AvgIpc) is 2.65. The lowest BCUT2D eigenvalue weighted by atomic mass is 10.1. The number of amides is 1. The molecular formula is C18H16F3N5O. The standard InChI is InChI=1S/C18H16F3N5O/c1-8-14(19)13(15(20)16(21)17(8)22)18-24-6-4-11(26-18)9(2)25-10-3-5-23-12(27)7-10/h4,6-7,25H,2-3,5,22H2,1H3,(H,23,27). The molecule has 2 heterocycles. The third-order valence-electron chi connectivity index (χ3n) is 4.10. The van der Waals surface area contributed by atoms with Crippen LogP contribution in [0.2, 0.25) is 0 Å². The Balaban J connectivity index is 1.97. The Bertz CT molecular complexity index is 958. The highest BCUT2D eigenvalue weighted by Crippen LogP contribution is 2.32. The van der Waals surface area contributed by atoms with E-state index >= 15 is 0 Å². The summed E-state index contributed by atoms with van der Waals surface area (Å²) in [4.78, 5) is 19.3. The molecule has 1 amide bonds. The van der Waals surface area contributed by atoms with Gasteiger partial charge in [-0.1, -0.05) is 6.58 Å². The van der Waals surface area contributed by atoms with E-state index in [1.807, 2.05) is 0 Å². The molecule has 0 aliphatic carbocycles. The zero-order valence-corrected chi connectivity index (χ0v) is 14.4. The van der Waals surface area contributed by atoms with Crippen molar-refractivity contribution in [3.63, 3.8) is 0 Å². The van der Waals surface area contributed by atoms with E-state index in [0.29, 0.717) is 24.4 Å². The fraction of sp³-hybridized carbons (Fsp3) is 0.167. The number of rotatable bonds is 4. The van der Waals surface area contributed by atoms with Gasteiger partial charge in [-0.15, -0.1) is 0 Å². The van der Waals surface area contributed by atoms with Gasteiger partial charge in [0.2, 0.25) is 5.91 Å². The Morgan fingerprint density at radius 1 is 1.30 bits per heavy atom. The van der Waals surface area contributed by atoms with Crippen molar-refractivity contribution >= 4 is 17.3 Å².